The molecule has 2 aromatic rings. The molecule has 1 saturated heterocycles. The Morgan fingerprint density at radius 1 is 0.906 bits per heavy atom. The molecule has 5 aliphatic rings. The first-order valence-electron chi connectivity index (χ1n) is 24.4. The molecule has 7 unspecified atom stereocenters. The maximum absolute atomic E-state index is 15.0. The van der Waals surface area contributed by atoms with Gasteiger partial charge in [-0.2, -0.15) is 0 Å². The lowest BCUT2D eigenvalue weighted by atomic mass is 9.55. The molecule has 0 aromatic heterocycles. The number of hydrogen-bond donors (Lipinski definition) is 3. The summed E-state index contributed by atoms with van der Waals surface area (Å²) in [6, 6.07) is 11.5. The Labute approximate surface area is 381 Å². The summed E-state index contributed by atoms with van der Waals surface area (Å²) in [6.45, 7) is 9.81. The highest BCUT2D eigenvalue weighted by Crippen LogP contribution is 2.62. The highest BCUT2D eigenvalue weighted by atomic mass is 16.8. The minimum atomic E-state index is -1.38. The number of nitrogens with zero attached hydrogens (tertiary/aromatic N) is 2. The quantitative estimate of drug-likeness (QED) is 0.0530. The number of unbranched alkanes of at least 4 members (excludes halogenated alkanes) is 2. The molecule has 1 amide bonds. The lowest BCUT2D eigenvalue weighted by Gasteiger charge is -2.60. The zero-order valence-electron chi connectivity index (χ0n) is 38.4. The van der Waals surface area contributed by atoms with Gasteiger partial charge in [-0.15, -0.1) is 6.58 Å². The number of hydrogen-bond acceptors (Lipinski definition) is 11. The topological polar surface area (TPSA) is 149 Å². The van der Waals surface area contributed by atoms with E-state index in [9.17, 15) is 20.1 Å². The molecule has 2 heterocycles. The number of aryl methyl sites for hydroxylation is 2. The smallest absolute Gasteiger partial charge is 0.239 e. The fourth-order valence-corrected chi connectivity index (χ4v) is 11.1. The summed E-state index contributed by atoms with van der Waals surface area (Å²) < 4.78 is 33.2. The monoisotopic (exact) mass is 887 g/mol. The van der Waals surface area contributed by atoms with Gasteiger partial charge in [0.1, 0.15) is 23.3 Å². The van der Waals surface area contributed by atoms with Crippen molar-refractivity contribution in [1.29, 1.82) is 0 Å². The van der Waals surface area contributed by atoms with Crippen molar-refractivity contribution in [2.24, 2.45) is 28.8 Å². The second-order valence-corrected chi connectivity index (χ2v) is 18.6. The molecule has 0 bridgehead atoms. The zero-order valence-corrected chi connectivity index (χ0v) is 38.4. The minimum Gasteiger partial charge on any atom is -0.459 e. The molecule has 12 heteroatoms. The van der Waals surface area contributed by atoms with Gasteiger partial charge in [-0.25, -0.2) is 0 Å². The molecule has 0 radical (unpaired) electrons. The molecule has 7 rings (SSSR count). The maximum Gasteiger partial charge on any atom is 0.239 e. The summed E-state index contributed by atoms with van der Waals surface area (Å²) >= 11 is 0. The lowest BCUT2D eigenvalue weighted by molar-refractivity contribution is -0.258. The summed E-state index contributed by atoms with van der Waals surface area (Å²) in [5.74, 6) is 0.810. The van der Waals surface area contributed by atoms with Gasteiger partial charge in [0.05, 0.1) is 44.7 Å². The third kappa shape index (κ3) is 11.4. The Morgan fingerprint density at radius 3 is 2.41 bits per heavy atom. The normalized spacial score (nSPS) is 27.0. The van der Waals surface area contributed by atoms with Gasteiger partial charge in [-0.05, 0) is 124 Å². The molecule has 12 nitrogen and oxygen atoms in total. The molecule has 2 aromatic carbocycles. The average molecular weight is 887 g/mol. The van der Waals surface area contributed by atoms with E-state index in [1.54, 1.807) is 6.08 Å². The van der Waals surface area contributed by atoms with Crippen molar-refractivity contribution >= 4 is 11.6 Å². The number of carbonyl (C=O) groups excluding carboxylic acids is 1. The highest BCUT2D eigenvalue weighted by Gasteiger charge is 2.65. The minimum absolute atomic E-state index is 0.00894. The maximum atomic E-state index is 15.0. The van der Waals surface area contributed by atoms with Gasteiger partial charge in [0.15, 0.2) is 0 Å². The molecule has 7 atom stereocenters. The van der Waals surface area contributed by atoms with Crippen LogP contribution in [0.2, 0.25) is 0 Å². The predicted octanol–water partition coefficient (Wildman–Crippen LogP) is 9.06. The Balaban J connectivity index is 1.41. The van der Waals surface area contributed by atoms with Crippen LogP contribution < -0.4 is 9.47 Å². The third-order valence-electron chi connectivity index (χ3n) is 14.4. The second-order valence-electron chi connectivity index (χ2n) is 18.6. The van der Waals surface area contributed by atoms with E-state index in [0.717, 1.165) is 92.4 Å². The first-order chi connectivity index (χ1) is 31.3. The van der Waals surface area contributed by atoms with Gasteiger partial charge in [-0.3, -0.25) is 4.79 Å². The second kappa shape index (κ2) is 23.6. The Morgan fingerprint density at radius 2 is 1.67 bits per heavy atom. The van der Waals surface area contributed by atoms with Crippen LogP contribution in [0.4, 0.5) is 0 Å². The van der Waals surface area contributed by atoms with Crippen LogP contribution in [0.25, 0.3) is 0 Å². The Kier molecular flexibility index (Phi) is 17.8. The van der Waals surface area contributed by atoms with Crippen LogP contribution in [0.5, 0.6) is 17.2 Å². The summed E-state index contributed by atoms with van der Waals surface area (Å²) in [7, 11) is 0. The molecule has 3 aliphatic carbocycles. The van der Waals surface area contributed by atoms with Gasteiger partial charge >= 0.3 is 0 Å². The summed E-state index contributed by atoms with van der Waals surface area (Å²) in [4.78, 5) is 23.2. The Hall–Kier alpha value is -3.78. The number of carbonyl (C=O) groups is 1. The van der Waals surface area contributed by atoms with E-state index in [-0.39, 0.29) is 69.8 Å². The molecule has 0 spiro atoms. The van der Waals surface area contributed by atoms with Crippen LogP contribution in [-0.2, 0) is 23.8 Å². The van der Waals surface area contributed by atoms with E-state index in [2.05, 4.69) is 44.7 Å². The van der Waals surface area contributed by atoms with Crippen LogP contribution >= 0.6 is 0 Å². The molecule has 2 aliphatic heterocycles. The van der Waals surface area contributed by atoms with Crippen molar-refractivity contribution in [1.82, 2.24) is 4.90 Å². The van der Waals surface area contributed by atoms with Crippen molar-refractivity contribution in [3.8, 4) is 17.2 Å². The van der Waals surface area contributed by atoms with Crippen molar-refractivity contribution in [3.63, 3.8) is 0 Å². The number of amides is 1. The fourth-order valence-electron chi connectivity index (χ4n) is 11.1. The number of rotatable bonds is 24. The van der Waals surface area contributed by atoms with Crippen molar-refractivity contribution < 1.29 is 48.6 Å². The molecular formula is C52H74N2O10. The van der Waals surface area contributed by atoms with Gasteiger partial charge in [-0.1, -0.05) is 61.9 Å². The van der Waals surface area contributed by atoms with Gasteiger partial charge < -0.3 is 48.7 Å². The van der Waals surface area contributed by atoms with Crippen LogP contribution in [0.3, 0.4) is 0 Å². The van der Waals surface area contributed by atoms with Crippen LogP contribution in [0, 0.1) is 37.5 Å². The van der Waals surface area contributed by atoms with E-state index < -0.39 is 24.0 Å². The number of benzene rings is 2. The van der Waals surface area contributed by atoms with Crippen LogP contribution in [0.15, 0.2) is 65.9 Å². The number of allylic oxidation sites excluding steroid dienone is 1. The molecule has 3 fully saturated rings. The summed E-state index contributed by atoms with van der Waals surface area (Å²) in [5, 5.41) is 34.7. The molecule has 64 heavy (non-hydrogen) atoms. The first kappa shape index (κ1) is 48.2. The van der Waals surface area contributed by atoms with Crippen molar-refractivity contribution in [2.45, 2.75) is 141 Å². The number of aliphatic hydroxyl groups is 3. The van der Waals surface area contributed by atoms with Crippen LogP contribution in [0.1, 0.15) is 125 Å². The largest absolute Gasteiger partial charge is 0.459 e. The van der Waals surface area contributed by atoms with Crippen molar-refractivity contribution in [3.05, 3.63) is 77.4 Å². The summed E-state index contributed by atoms with van der Waals surface area (Å²) in [6.07, 6.45) is 17.2. The van der Waals surface area contributed by atoms with Gasteiger partial charge in [0, 0.05) is 50.5 Å². The highest BCUT2D eigenvalue weighted by molar-refractivity contribution is 6.03. The Bertz CT molecular complexity index is 1890. The van der Waals surface area contributed by atoms with E-state index in [4.69, 9.17) is 33.7 Å². The molecular weight excluding hydrogens is 813 g/mol. The number of ether oxygens (including phenoxy) is 5. The molecule has 352 valence electrons. The number of aliphatic hydroxyl groups excluding tert-OH is 3. The number of fused-ring (bicyclic) bond motifs is 2. The standard InChI is InChI=1S/C52H74N2O10/c1-4-28-61-52-47(54(24-30-59-31-27-57)48(58)23-19-38-13-5-6-14-38)35-45(53-64-49-17-9-12-29-60-49)43-33-39(15-7-10-25-55)42(16-8-11-26-56)50(51(43)52)44-34-41(21-22-46(44)63-52)62-40-20-18-36(2)37(3)32-40/h4,18,20-22,32-34,38-39,42,47,49-51,55-57H,1,5-17,19,23-31,35H2,2-3H3. The molecule has 2 saturated carbocycles. The third-order valence-corrected chi connectivity index (χ3v) is 14.4. The predicted molar refractivity (Wildman–Crippen MR) is 246 cm³/mol. The molecule has 3 N–H and O–H groups in total. The average Bonchev–Trinajstić information content (AvgIpc) is 3.84. The number of oxime groups is 1. The van der Waals surface area contributed by atoms with E-state index in [1.165, 1.54) is 18.4 Å². The van der Waals surface area contributed by atoms with Crippen LogP contribution in [-0.4, -0.2) is 103 Å². The SMILES string of the molecule is C=CCOC12Oc3ccc(Oc4ccc(C)c(C)c4)cc3C3C(CCCCO)C(CCCCO)C=C(C(=NOC4CCCCO4)CC1N(CCOCCO)C(=O)CCC1CCCC1)C32. The van der Waals surface area contributed by atoms with E-state index in [1.807, 2.05) is 23.1 Å². The zero-order chi connectivity index (χ0) is 44.9. The van der Waals surface area contributed by atoms with E-state index in [0.29, 0.717) is 49.7 Å². The fraction of sp³-hybridized carbons (Fsp3) is 0.654. The van der Waals surface area contributed by atoms with Gasteiger partial charge in [0.2, 0.25) is 18.0 Å². The summed E-state index contributed by atoms with van der Waals surface area (Å²) in [5.41, 5.74) is 5.06. The van der Waals surface area contributed by atoms with E-state index >= 15 is 0 Å². The lowest BCUT2D eigenvalue weighted by Crippen LogP contribution is -2.70. The van der Waals surface area contributed by atoms with Gasteiger partial charge in [0.25, 0.3) is 0 Å². The first-order valence-corrected chi connectivity index (χ1v) is 24.4. The van der Waals surface area contributed by atoms with Crippen molar-refractivity contribution in [2.75, 3.05) is 52.8 Å².